The molecule has 0 bridgehead atoms. The van der Waals surface area contributed by atoms with Crippen molar-refractivity contribution in [3.05, 3.63) is 65.5 Å². The van der Waals surface area contributed by atoms with Gasteiger partial charge >= 0.3 is 6.61 Å². The molecule has 1 atom stereocenters. The Morgan fingerprint density at radius 3 is 2.43 bits per heavy atom. The van der Waals surface area contributed by atoms with Crippen LogP contribution < -0.4 is 10.1 Å². The minimum Gasteiger partial charge on any atom is -0.434 e. The minimum absolute atomic E-state index is 0.0109. The maximum Gasteiger partial charge on any atom is 0.387 e. The van der Waals surface area contributed by atoms with Crippen LogP contribution >= 0.6 is 0 Å². The van der Waals surface area contributed by atoms with Gasteiger partial charge in [-0.05, 0) is 24.6 Å². The van der Waals surface area contributed by atoms with Gasteiger partial charge in [-0.1, -0.05) is 37.3 Å². The average Bonchev–Trinajstić information content (AvgIpc) is 2.53. The summed E-state index contributed by atoms with van der Waals surface area (Å²) in [6.07, 6.45) is 0.434. The fourth-order valence-electron chi connectivity index (χ4n) is 2.25. The highest BCUT2D eigenvalue weighted by Crippen LogP contribution is 2.28. The molecule has 0 heterocycles. The maximum atomic E-state index is 13.7. The summed E-state index contributed by atoms with van der Waals surface area (Å²) in [6, 6.07) is 11.2. The van der Waals surface area contributed by atoms with Gasteiger partial charge in [0.2, 0.25) is 0 Å². The number of amides is 1. The van der Waals surface area contributed by atoms with Gasteiger partial charge in [-0.25, -0.2) is 4.39 Å². The summed E-state index contributed by atoms with van der Waals surface area (Å²) in [5.41, 5.74) is 0.318. The van der Waals surface area contributed by atoms with Crippen LogP contribution in [0, 0.1) is 5.82 Å². The van der Waals surface area contributed by atoms with Crippen LogP contribution in [-0.4, -0.2) is 12.5 Å². The second-order valence-electron chi connectivity index (χ2n) is 4.83. The zero-order chi connectivity index (χ0) is 16.8. The number of carbonyl (C=O) groups excluding carboxylic acids is 1. The quantitative estimate of drug-likeness (QED) is 0.860. The number of carbonyl (C=O) groups is 1. The fraction of sp³-hybridized carbons (Fsp3) is 0.235. The molecule has 0 aliphatic heterocycles. The Hall–Kier alpha value is -2.50. The van der Waals surface area contributed by atoms with E-state index in [-0.39, 0.29) is 11.3 Å². The standard InChI is InChI=1S/C17H16F3NO2/c1-2-14(12-8-4-6-10-15(12)23-17(19)20)21-16(22)11-7-3-5-9-13(11)18/h3-10,14,17H,2H2,1H3,(H,21,22)/t14-/m0/s1. The smallest absolute Gasteiger partial charge is 0.387 e. The summed E-state index contributed by atoms with van der Waals surface area (Å²) in [5.74, 6) is -1.26. The molecule has 0 unspecified atom stereocenters. The fourth-order valence-corrected chi connectivity index (χ4v) is 2.25. The van der Waals surface area contributed by atoms with Crippen LogP contribution in [0.3, 0.4) is 0 Å². The lowest BCUT2D eigenvalue weighted by Crippen LogP contribution is -2.29. The van der Waals surface area contributed by atoms with Crippen molar-refractivity contribution >= 4 is 5.91 Å². The molecule has 3 nitrogen and oxygen atoms in total. The summed E-state index contributed by atoms with van der Waals surface area (Å²) in [7, 11) is 0. The molecule has 0 aromatic heterocycles. The van der Waals surface area contributed by atoms with Crippen molar-refractivity contribution in [1.82, 2.24) is 5.32 Å². The largest absolute Gasteiger partial charge is 0.434 e. The Kier molecular flexibility index (Phi) is 5.62. The first-order valence-corrected chi connectivity index (χ1v) is 7.12. The van der Waals surface area contributed by atoms with Gasteiger partial charge in [0, 0.05) is 5.56 Å². The molecule has 0 aliphatic rings. The summed E-state index contributed by atoms with van der Waals surface area (Å²) in [6.45, 7) is -1.18. The number of hydrogen-bond acceptors (Lipinski definition) is 2. The van der Waals surface area contributed by atoms with Crippen LogP contribution in [0.15, 0.2) is 48.5 Å². The number of benzene rings is 2. The van der Waals surface area contributed by atoms with E-state index in [9.17, 15) is 18.0 Å². The SMILES string of the molecule is CC[C@H](NC(=O)c1ccccc1F)c1ccccc1OC(F)F. The van der Waals surface area contributed by atoms with E-state index in [1.54, 1.807) is 31.2 Å². The van der Waals surface area contributed by atoms with E-state index in [4.69, 9.17) is 0 Å². The predicted molar refractivity (Wildman–Crippen MR) is 80.0 cm³/mol. The summed E-state index contributed by atoms with van der Waals surface area (Å²) in [4.78, 5) is 12.2. The summed E-state index contributed by atoms with van der Waals surface area (Å²) >= 11 is 0. The molecule has 2 aromatic carbocycles. The van der Waals surface area contributed by atoms with Crippen molar-refractivity contribution < 1.29 is 22.7 Å². The van der Waals surface area contributed by atoms with E-state index in [1.807, 2.05) is 0 Å². The number of rotatable bonds is 6. The summed E-state index contributed by atoms with van der Waals surface area (Å²) in [5, 5.41) is 2.65. The van der Waals surface area contributed by atoms with Gasteiger partial charge < -0.3 is 10.1 Å². The van der Waals surface area contributed by atoms with Gasteiger partial charge in [0.05, 0.1) is 11.6 Å². The second-order valence-corrected chi connectivity index (χ2v) is 4.83. The molecule has 1 N–H and O–H groups in total. The van der Waals surface area contributed by atoms with E-state index in [1.165, 1.54) is 24.3 Å². The van der Waals surface area contributed by atoms with E-state index < -0.39 is 24.4 Å². The molecular weight excluding hydrogens is 307 g/mol. The van der Waals surface area contributed by atoms with Crippen molar-refractivity contribution in [2.75, 3.05) is 0 Å². The van der Waals surface area contributed by atoms with E-state index in [0.29, 0.717) is 12.0 Å². The number of alkyl halides is 2. The van der Waals surface area contributed by atoms with Gasteiger partial charge in [-0.15, -0.1) is 0 Å². The van der Waals surface area contributed by atoms with Crippen LogP contribution in [-0.2, 0) is 0 Å². The lowest BCUT2D eigenvalue weighted by atomic mass is 10.0. The molecule has 6 heteroatoms. The molecule has 23 heavy (non-hydrogen) atoms. The number of nitrogens with one attached hydrogen (secondary N) is 1. The van der Waals surface area contributed by atoms with Crippen molar-refractivity contribution in [2.45, 2.75) is 26.0 Å². The first-order chi connectivity index (χ1) is 11.0. The van der Waals surface area contributed by atoms with Crippen LogP contribution in [0.5, 0.6) is 5.75 Å². The van der Waals surface area contributed by atoms with Crippen molar-refractivity contribution in [2.24, 2.45) is 0 Å². The Balaban J connectivity index is 2.24. The molecule has 2 aromatic rings. The third-order valence-corrected chi connectivity index (χ3v) is 3.34. The van der Waals surface area contributed by atoms with Gasteiger partial charge in [0.15, 0.2) is 0 Å². The second kappa shape index (κ2) is 7.67. The third-order valence-electron chi connectivity index (χ3n) is 3.34. The van der Waals surface area contributed by atoms with Crippen LogP contribution in [0.2, 0.25) is 0 Å². The Morgan fingerprint density at radius 1 is 1.13 bits per heavy atom. The zero-order valence-corrected chi connectivity index (χ0v) is 12.4. The number of halogens is 3. The lowest BCUT2D eigenvalue weighted by Gasteiger charge is -2.20. The molecular formula is C17H16F3NO2. The van der Waals surface area contributed by atoms with Crippen LogP contribution in [0.4, 0.5) is 13.2 Å². The Bertz CT molecular complexity index is 676. The van der Waals surface area contributed by atoms with E-state index >= 15 is 0 Å². The number of para-hydroxylation sites is 1. The Labute approximate surface area is 132 Å². The molecule has 2 rings (SSSR count). The molecule has 0 saturated heterocycles. The first kappa shape index (κ1) is 16.9. The summed E-state index contributed by atoms with van der Waals surface area (Å²) < 4.78 is 43.1. The van der Waals surface area contributed by atoms with Gasteiger partial charge in [0.1, 0.15) is 11.6 Å². The highest BCUT2D eigenvalue weighted by molar-refractivity contribution is 5.94. The highest BCUT2D eigenvalue weighted by atomic mass is 19.3. The predicted octanol–water partition coefficient (Wildman–Crippen LogP) is 4.31. The van der Waals surface area contributed by atoms with Gasteiger partial charge in [-0.3, -0.25) is 4.79 Å². The number of hydrogen-bond donors (Lipinski definition) is 1. The molecule has 0 fully saturated rings. The molecule has 0 radical (unpaired) electrons. The van der Waals surface area contributed by atoms with Crippen LogP contribution in [0.25, 0.3) is 0 Å². The van der Waals surface area contributed by atoms with Gasteiger partial charge in [-0.2, -0.15) is 8.78 Å². The van der Waals surface area contributed by atoms with Crippen molar-refractivity contribution in [3.63, 3.8) is 0 Å². The molecule has 1 amide bonds. The van der Waals surface area contributed by atoms with E-state index in [2.05, 4.69) is 10.1 Å². The minimum atomic E-state index is -2.96. The Morgan fingerprint density at radius 2 is 1.78 bits per heavy atom. The normalized spacial score (nSPS) is 12.0. The monoisotopic (exact) mass is 323 g/mol. The molecule has 0 saturated carbocycles. The maximum absolute atomic E-state index is 13.7. The number of ether oxygens (including phenoxy) is 1. The molecule has 0 spiro atoms. The van der Waals surface area contributed by atoms with E-state index in [0.717, 1.165) is 0 Å². The average molecular weight is 323 g/mol. The molecule has 122 valence electrons. The van der Waals surface area contributed by atoms with Crippen molar-refractivity contribution in [3.8, 4) is 5.75 Å². The van der Waals surface area contributed by atoms with Gasteiger partial charge in [0.25, 0.3) is 5.91 Å². The molecule has 0 aliphatic carbocycles. The van der Waals surface area contributed by atoms with Crippen molar-refractivity contribution in [1.29, 1.82) is 0 Å². The lowest BCUT2D eigenvalue weighted by molar-refractivity contribution is -0.0506. The third kappa shape index (κ3) is 4.25. The van der Waals surface area contributed by atoms with Crippen LogP contribution in [0.1, 0.15) is 35.3 Å². The topological polar surface area (TPSA) is 38.3 Å². The first-order valence-electron chi connectivity index (χ1n) is 7.12. The highest BCUT2D eigenvalue weighted by Gasteiger charge is 2.20. The zero-order valence-electron chi connectivity index (χ0n) is 12.4.